The molecule has 2 rings (SSSR count). The van der Waals surface area contributed by atoms with Gasteiger partial charge in [-0.1, -0.05) is 12.2 Å². The monoisotopic (exact) mass is 328 g/mol. The number of sulfonamides is 1. The van der Waals surface area contributed by atoms with Gasteiger partial charge in [-0.3, -0.25) is 0 Å². The summed E-state index contributed by atoms with van der Waals surface area (Å²) in [6.45, 7) is 1.65. The van der Waals surface area contributed by atoms with E-state index in [1.54, 1.807) is 0 Å². The number of hydrogen-bond donors (Lipinski definition) is 1. The van der Waals surface area contributed by atoms with Crippen molar-refractivity contribution in [1.82, 2.24) is 4.31 Å². The van der Waals surface area contributed by atoms with Gasteiger partial charge < -0.3 is 10.5 Å². The van der Waals surface area contributed by atoms with Gasteiger partial charge in [0.25, 0.3) is 0 Å². The molecule has 1 fully saturated rings. The van der Waals surface area contributed by atoms with Crippen LogP contribution in [0, 0.1) is 5.92 Å². The fourth-order valence-electron chi connectivity index (χ4n) is 2.39. The van der Waals surface area contributed by atoms with E-state index < -0.39 is 10.0 Å². The van der Waals surface area contributed by atoms with Gasteiger partial charge in [-0.25, -0.2) is 12.7 Å². The molecule has 2 N–H and O–H groups in total. The van der Waals surface area contributed by atoms with Crippen LogP contribution in [0.3, 0.4) is 0 Å². The Hall–Kier alpha value is -1.18. The van der Waals surface area contributed by atoms with Crippen molar-refractivity contribution in [2.24, 2.45) is 11.7 Å². The third-order valence-electron chi connectivity index (χ3n) is 3.58. The minimum Gasteiger partial charge on any atom is -0.493 e. The summed E-state index contributed by atoms with van der Waals surface area (Å²) in [4.78, 5) is 0.359. The second-order valence-corrected chi connectivity index (χ2v) is 7.75. The van der Waals surface area contributed by atoms with Gasteiger partial charge in [0.1, 0.15) is 10.7 Å². The van der Waals surface area contributed by atoms with Crippen LogP contribution in [-0.2, 0) is 10.0 Å². The molecule has 0 aliphatic carbocycles. The summed E-state index contributed by atoms with van der Waals surface area (Å²) in [6.07, 6.45) is 3.11. The third kappa shape index (κ3) is 4.66. The summed E-state index contributed by atoms with van der Waals surface area (Å²) >= 11 is 4.89. The molecule has 5 nitrogen and oxygen atoms in total. The number of rotatable bonds is 5. The minimum absolute atomic E-state index is 0.226. The number of hydrogen-bond acceptors (Lipinski definition) is 4. The molecular weight excluding hydrogens is 308 g/mol. The lowest BCUT2D eigenvalue weighted by Gasteiger charge is -2.30. The average molecular weight is 328 g/mol. The largest absolute Gasteiger partial charge is 0.493 e. The first-order chi connectivity index (χ1) is 9.86. The molecule has 0 saturated carbocycles. The van der Waals surface area contributed by atoms with Gasteiger partial charge in [-0.15, -0.1) is 0 Å². The van der Waals surface area contributed by atoms with E-state index in [-0.39, 0.29) is 5.92 Å². The van der Waals surface area contributed by atoms with Gasteiger partial charge >= 0.3 is 0 Å². The van der Waals surface area contributed by atoms with E-state index in [2.05, 4.69) is 0 Å². The third-order valence-corrected chi connectivity index (χ3v) is 5.08. The number of ether oxygens (including phenoxy) is 1. The van der Waals surface area contributed by atoms with E-state index in [0.717, 1.165) is 24.2 Å². The maximum Gasteiger partial charge on any atom is 0.211 e. The predicted octanol–water partition coefficient (Wildman–Crippen LogP) is 1.37. The van der Waals surface area contributed by atoms with Crippen LogP contribution in [0.4, 0.5) is 0 Å². The highest BCUT2D eigenvalue weighted by atomic mass is 32.2. The summed E-state index contributed by atoms with van der Waals surface area (Å²) in [5, 5.41) is 0. The summed E-state index contributed by atoms with van der Waals surface area (Å²) in [5.74, 6) is 0.968. The Balaban J connectivity index is 1.89. The van der Waals surface area contributed by atoms with Crippen molar-refractivity contribution in [2.75, 3.05) is 26.0 Å². The van der Waals surface area contributed by atoms with E-state index >= 15 is 0 Å². The van der Waals surface area contributed by atoms with Crippen LogP contribution < -0.4 is 10.5 Å². The lowest BCUT2D eigenvalue weighted by Crippen LogP contribution is -2.40. The van der Waals surface area contributed by atoms with E-state index in [1.807, 2.05) is 24.3 Å². The second-order valence-electron chi connectivity index (χ2n) is 5.33. The van der Waals surface area contributed by atoms with Crippen molar-refractivity contribution < 1.29 is 13.2 Å². The van der Waals surface area contributed by atoms with Gasteiger partial charge in [0.15, 0.2) is 0 Å². The fourth-order valence-corrected chi connectivity index (χ4v) is 3.47. The van der Waals surface area contributed by atoms with E-state index in [1.165, 1.54) is 10.6 Å². The van der Waals surface area contributed by atoms with Crippen LogP contribution >= 0.6 is 12.2 Å². The molecule has 1 aromatic rings. The summed E-state index contributed by atoms with van der Waals surface area (Å²) < 4.78 is 30.4. The smallest absolute Gasteiger partial charge is 0.211 e. The fraction of sp³-hybridized carbons (Fsp3) is 0.500. The highest BCUT2D eigenvalue weighted by Gasteiger charge is 2.26. The summed E-state index contributed by atoms with van der Waals surface area (Å²) in [7, 11) is -3.11. The Labute approximate surface area is 131 Å². The normalized spacial score (nSPS) is 20.1. The van der Waals surface area contributed by atoms with Gasteiger partial charge in [-0.05, 0) is 37.1 Å². The Kier molecular flexibility index (Phi) is 5.18. The molecule has 1 saturated heterocycles. The van der Waals surface area contributed by atoms with Crippen LogP contribution in [0.1, 0.15) is 18.4 Å². The number of nitrogens with zero attached hydrogens (tertiary/aromatic N) is 1. The number of benzene rings is 1. The van der Waals surface area contributed by atoms with Gasteiger partial charge in [0.2, 0.25) is 10.0 Å². The highest BCUT2D eigenvalue weighted by molar-refractivity contribution is 7.88. The highest BCUT2D eigenvalue weighted by Crippen LogP contribution is 2.20. The predicted molar refractivity (Wildman–Crippen MR) is 87.0 cm³/mol. The Bertz CT molecular complexity index is 599. The van der Waals surface area contributed by atoms with Crippen molar-refractivity contribution in [2.45, 2.75) is 12.8 Å². The molecule has 0 bridgehead atoms. The molecular formula is C14H20N2O3S2. The first kappa shape index (κ1) is 16.2. The lowest BCUT2D eigenvalue weighted by atomic mass is 10.0. The van der Waals surface area contributed by atoms with Crippen LogP contribution in [0.15, 0.2) is 24.3 Å². The summed E-state index contributed by atoms with van der Waals surface area (Å²) in [6, 6.07) is 7.29. The Morgan fingerprint density at radius 3 is 2.67 bits per heavy atom. The van der Waals surface area contributed by atoms with Gasteiger partial charge in [-0.2, -0.15) is 0 Å². The van der Waals surface area contributed by atoms with Crippen molar-refractivity contribution in [3.8, 4) is 5.75 Å². The topological polar surface area (TPSA) is 72.6 Å². The molecule has 1 aromatic carbocycles. The zero-order chi connectivity index (χ0) is 15.5. The van der Waals surface area contributed by atoms with Crippen LogP contribution in [0.5, 0.6) is 5.75 Å². The Morgan fingerprint density at radius 2 is 2.10 bits per heavy atom. The summed E-state index contributed by atoms with van der Waals surface area (Å²) in [5.41, 5.74) is 6.34. The van der Waals surface area contributed by atoms with Crippen molar-refractivity contribution in [3.63, 3.8) is 0 Å². The molecule has 116 valence electrons. The molecule has 1 aliphatic rings. The van der Waals surface area contributed by atoms with E-state index in [0.29, 0.717) is 24.7 Å². The lowest BCUT2D eigenvalue weighted by molar-refractivity contribution is 0.181. The first-order valence-corrected chi connectivity index (χ1v) is 9.09. The number of piperidine rings is 1. The molecule has 1 unspecified atom stereocenters. The van der Waals surface area contributed by atoms with Crippen LogP contribution in [0.2, 0.25) is 0 Å². The van der Waals surface area contributed by atoms with E-state index in [9.17, 15) is 8.42 Å². The molecule has 0 radical (unpaired) electrons. The first-order valence-electron chi connectivity index (χ1n) is 6.84. The molecule has 1 heterocycles. The standard InChI is InChI=1S/C14H20N2O3S2/c1-21(17,18)16-8-2-3-11(9-16)10-19-13-6-4-12(5-7-13)14(15)20/h4-7,11H,2-3,8-10H2,1H3,(H2,15,20). The Morgan fingerprint density at radius 1 is 1.43 bits per heavy atom. The SMILES string of the molecule is CS(=O)(=O)N1CCCC(COc2ccc(C(N)=S)cc2)C1. The molecule has 1 atom stereocenters. The molecule has 0 amide bonds. The molecule has 1 aliphatic heterocycles. The maximum atomic E-state index is 11.6. The number of nitrogens with two attached hydrogens (primary N) is 1. The van der Waals surface area contributed by atoms with Crippen molar-refractivity contribution >= 4 is 27.2 Å². The average Bonchev–Trinajstić information content (AvgIpc) is 2.45. The van der Waals surface area contributed by atoms with Crippen molar-refractivity contribution in [1.29, 1.82) is 0 Å². The second kappa shape index (κ2) is 6.72. The van der Waals surface area contributed by atoms with Crippen LogP contribution in [0.25, 0.3) is 0 Å². The van der Waals surface area contributed by atoms with Crippen molar-refractivity contribution in [3.05, 3.63) is 29.8 Å². The molecule has 0 aromatic heterocycles. The van der Waals surface area contributed by atoms with Crippen LogP contribution in [-0.4, -0.2) is 43.7 Å². The molecule has 7 heteroatoms. The zero-order valence-electron chi connectivity index (χ0n) is 12.0. The molecule has 0 spiro atoms. The maximum absolute atomic E-state index is 11.6. The van der Waals surface area contributed by atoms with Gasteiger partial charge in [0, 0.05) is 24.6 Å². The minimum atomic E-state index is -3.11. The quantitative estimate of drug-likeness (QED) is 0.827. The number of thiocarbonyl (C=S) groups is 1. The molecule has 21 heavy (non-hydrogen) atoms. The van der Waals surface area contributed by atoms with E-state index in [4.69, 9.17) is 22.7 Å². The van der Waals surface area contributed by atoms with Gasteiger partial charge in [0.05, 0.1) is 12.9 Å². The zero-order valence-corrected chi connectivity index (χ0v) is 13.6.